The number of amides is 1. The zero-order chi connectivity index (χ0) is 35.0. The smallest absolute Gasteiger partial charge is 0.259 e. The molecule has 1 aromatic heterocycles. The van der Waals surface area contributed by atoms with E-state index in [1.54, 1.807) is 0 Å². The second-order valence-corrected chi connectivity index (χ2v) is 15.6. The molecular weight excluding hydrogens is 608 g/mol. The van der Waals surface area contributed by atoms with Crippen LogP contribution in [0.3, 0.4) is 0 Å². The van der Waals surface area contributed by atoms with E-state index in [1.165, 1.54) is 5.39 Å². The molecule has 49 heavy (non-hydrogen) atoms. The van der Waals surface area contributed by atoms with Gasteiger partial charge in [0.05, 0.1) is 11.1 Å². The first-order valence-electron chi connectivity index (χ1n) is 16.6. The van der Waals surface area contributed by atoms with Crippen LogP contribution >= 0.6 is 0 Å². The topological polar surface area (TPSA) is 129 Å². The Morgan fingerprint density at radius 1 is 0.673 bits per heavy atom. The van der Waals surface area contributed by atoms with E-state index in [2.05, 4.69) is 112 Å². The second kappa shape index (κ2) is 11.0. The summed E-state index contributed by atoms with van der Waals surface area (Å²) in [5, 5.41) is 7.65. The van der Waals surface area contributed by atoms with Crippen LogP contribution in [0.25, 0.3) is 32.9 Å². The first-order chi connectivity index (χ1) is 23.0. The van der Waals surface area contributed by atoms with Gasteiger partial charge in [-0.05, 0) is 79.9 Å². The maximum absolute atomic E-state index is 14.4. The molecule has 8 heteroatoms. The number of carbonyl (C=O) groups is 1. The number of nitrogens with one attached hydrogen (secondary N) is 1. The first kappa shape index (κ1) is 32.1. The van der Waals surface area contributed by atoms with Crippen LogP contribution in [0.5, 0.6) is 11.5 Å². The Kier molecular flexibility index (Phi) is 7.21. The first-order valence-corrected chi connectivity index (χ1v) is 16.6. The van der Waals surface area contributed by atoms with Crippen molar-refractivity contribution in [2.45, 2.75) is 71.6 Å². The number of anilines is 3. The summed E-state index contributed by atoms with van der Waals surface area (Å²) in [6.45, 7) is 17.3. The van der Waals surface area contributed by atoms with Crippen LogP contribution in [0.1, 0.15) is 88.0 Å². The lowest BCUT2D eigenvalue weighted by Crippen LogP contribution is -2.29. The highest BCUT2D eigenvalue weighted by molar-refractivity contribution is 6.08. The molecule has 0 bridgehead atoms. The minimum absolute atomic E-state index is 0.0196. The Morgan fingerprint density at radius 2 is 1.22 bits per heavy atom. The lowest BCUT2D eigenvalue weighted by atomic mass is 9.70. The zero-order valence-corrected chi connectivity index (χ0v) is 29.3. The number of nitrogen functional groups attached to an aromatic ring is 2. The van der Waals surface area contributed by atoms with Crippen molar-refractivity contribution in [2.24, 2.45) is 0 Å². The number of aromatic nitrogens is 3. The molecule has 5 N–H and O–H groups in total. The van der Waals surface area contributed by atoms with Gasteiger partial charge in [0.25, 0.3) is 5.91 Å². The van der Waals surface area contributed by atoms with Gasteiger partial charge in [-0.1, -0.05) is 97.9 Å². The molecule has 0 atom stereocenters. The zero-order valence-electron chi connectivity index (χ0n) is 29.3. The lowest BCUT2D eigenvalue weighted by molar-refractivity contribution is 0.102. The molecule has 1 amide bonds. The van der Waals surface area contributed by atoms with E-state index in [9.17, 15) is 4.79 Å². The minimum atomic E-state index is -0.566. The van der Waals surface area contributed by atoms with Crippen LogP contribution in [-0.4, -0.2) is 20.9 Å². The number of carbonyl (C=O) groups excluding carboxylic acids is 1. The fourth-order valence-electron chi connectivity index (χ4n) is 6.60. The molecule has 1 aliphatic rings. The van der Waals surface area contributed by atoms with Gasteiger partial charge < -0.3 is 21.5 Å². The van der Waals surface area contributed by atoms with Gasteiger partial charge in [-0.15, -0.1) is 0 Å². The number of nitrogens with two attached hydrogens (primary N) is 2. The van der Waals surface area contributed by atoms with Gasteiger partial charge >= 0.3 is 0 Å². The van der Waals surface area contributed by atoms with E-state index in [4.69, 9.17) is 16.2 Å². The van der Waals surface area contributed by atoms with Gasteiger partial charge in [0, 0.05) is 22.2 Å². The molecule has 0 fully saturated rings. The van der Waals surface area contributed by atoms with E-state index in [1.807, 2.05) is 42.5 Å². The van der Waals surface area contributed by atoms with Gasteiger partial charge in [-0.25, -0.2) is 0 Å². The lowest BCUT2D eigenvalue weighted by Gasteiger charge is -2.38. The Balaban J connectivity index is 1.40. The molecule has 1 aliphatic heterocycles. The van der Waals surface area contributed by atoms with Gasteiger partial charge in [-0.3, -0.25) is 4.79 Å². The van der Waals surface area contributed by atoms with Crippen molar-refractivity contribution in [3.8, 4) is 22.9 Å². The number of hydrogen-bond acceptors (Lipinski definition) is 7. The summed E-state index contributed by atoms with van der Waals surface area (Å²) in [4.78, 5) is 27.3. The molecule has 0 saturated carbocycles. The number of nitrogens with zero attached hydrogens (tertiary/aromatic N) is 3. The molecule has 0 spiro atoms. The van der Waals surface area contributed by atoms with Crippen LogP contribution in [0.4, 0.5) is 17.6 Å². The Morgan fingerprint density at radius 3 is 1.84 bits per heavy atom. The molecule has 0 unspecified atom stereocenters. The molecule has 7 rings (SSSR count). The van der Waals surface area contributed by atoms with Crippen molar-refractivity contribution < 1.29 is 9.53 Å². The normalized spacial score (nSPS) is 13.9. The summed E-state index contributed by atoms with van der Waals surface area (Å²) in [5.74, 6) is 1.15. The number of hydrogen-bond donors (Lipinski definition) is 3. The third kappa shape index (κ3) is 5.71. The van der Waals surface area contributed by atoms with E-state index in [-0.39, 0.29) is 28.6 Å². The number of ether oxygens (including phenoxy) is 1. The maximum Gasteiger partial charge on any atom is 0.259 e. The number of fused-ring (bicyclic) bond motifs is 4. The van der Waals surface area contributed by atoms with E-state index in [0.717, 1.165) is 38.4 Å². The fourth-order valence-corrected chi connectivity index (χ4v) is 6.60. The van der Waals surface area contributed by atoms with Crippen molar-refractivity contribution >= 4 is 45.0 Å². The maximum atomic E-state index is 14.4. The summed E-state index contributed by atoms with van der Waals surface area (Å²) in [6.07, 6.45) is 0. The summed E-state index contributed by atoms with van der Waals surface area (Å²) >= 11 is 0. The Labute approximate surface area is 287 Å². The third-order valence-electron chi connectivity index (χ3n) is 9.58. The molecule has 5 aromatic carbocycles. The summed E-state index contributed by atoms with van der Waals surface area (Å²) in [5.41, 5.74) is 16.9. The monoisotopic (exact) mass is 650 g/mol. The van der Waals surface area contributed by atoms with Crippen molar-refractivity contribution in [1.29, 1.82) is 0 Å². The molecular formula is C41H42N6O2. The van der Waals surface area contributed by atoms with Crippen LogP contribution in [0.2, 0.25) is 0 Å². The van der Waals surface area contributed by atoms with Gasteiger partial charge in [0.2, 0.25) is 11.9 Å². The molecule has 0 radical (unpaired) electrons. The predicted molar refractivity (Wildman–Crippen MR) is 200 cm³/mol. The van der Waals surface area contributed by atoms with Crippen molar-refractivity contribution in [1.82, 2.24) is 15.0 Å². The average molecular weight is 651 g/mol. The highest BCUT2D eigenvalue weighted by Crippen LogP contribution is 2.54. The van der Waals surface area contributed by atoms with Crippen LogP contribution in [0.15, 0.2) is 78.9 Å². The van der Waals surface area contributed by atoms with E-state index in [0.29, 0.717) is 34.1 Å². The van der Waals surface area contributed by atoms with Gasteiger partial charge in [-0.2, -0.15) is 15.0 Å². The minimum Gasteiger partial charge on any atom is -0.455 e. The van der Waals surface area contributed by atoms with Crippen LogP contribution in [0, 0.1) is 0 Å². The van der Waals surface area contributed by atoms with Crippen molar-refractivity contribution in [3.63, 3.8) is 0 Å². The molecule has 2 heterocycles. The van der Waals surface area contributed by atoms with E-state index < -0.39 is 5.41 Å². The molecule has 8 nitrogen and oxygen atoms in total. The second-order valence-electron chi connectivity index (χ2n) is 15.6. The predicted octanol–water partition coefficient (Wildman–Crippen LogP) is 9.29. The molecule has 0 saturated heterocycles. The summed E-state index contributed by atoms with van der Waals surface area (Å²) in [6, 6.07) is 26.9. The third-order valence-corrected chi connectivity index (χ3v) is 9.58. The standard InChI is InChI=1S/C41H42N6O2/c1-39(2,3)26-18-29(35-45-37(42)47-38(43)46-35)33-31(20-26)41(7,8)32-21-27(40(4,5)6)19-30(34(32)49-33)36(48)44-28-14-13-24-15-22-11-9-10-12-23(22)16-25(24)17-28/h9-21H,1-8H3,(H,44,48)(H4,42,43,45,46,47). The summed E-state index contributed by atoms with van der Waals surface area (Å²) in [7, 11) is 0. The van der Waals surface area contributed by atoms with Crippen molar-refractivity contribution in [2.75, 3.05) is 16.8 Å². The number of benzene rings is 5. The molecule has 0 aliphatic carbocycles. The highest BCUT2D eigenvalue weighted by atomic mass is 16.5. The largest absolute Gasteiger partial charge is 0.455 e. The molecule has 6 aromatic rings. The van der Waals surface area contributed by atoms with Gasteiger partial charge in [0.15, 0.2) is 5.82 Å². The van der Waals surface area contributed by atoms with Crippen molar-refractivity contribution in [3.05, 3.63) is 107 Å². The van der Waals surface area contributed by atoms with Crippen LogP contribution < -0.4 is 21.5 Å². The average Bonchev–Trinajstić information content (AvgIpc) is 3.01. The summed E-state index contributed by atoms with van der Waals surface area (Å²) < 4.78 is 6.88. The molecule has 248 valence electrons. The fraction of sp³-hybridized carbons (Fsp3) is 0.268. The van der Waals surface area contributed by atoms with E-state index >= 15 is 0 Å². The van der Waals surface area contributed by atoms with Gasteiger partial charge in [0.1, 0.15) is 11.5 Å². The SMILES string of the molecule is CC(C)(C)c1cc(C(=O)Nc2ccc3cc4ccccc4cc3c2)c2c(c1)C(C)(C)c1cc(C(C)(C)C)cc(-c3nc(N)nc(N)n3)c1O2. The Bertz CT molecular complexity index is 2310. The Hall–Kier alpha value is -5.50. The quantitative estimate of drug-likeness (QED) is 0.163. The van der Waals surface area contributed by atoms with Crippen LogP contribution in [-0.2, 0) is 16.2 Å². The highest BCUT2D eigenvalue weighted by Gasteiger charge is 2.40. The number of rotatable bonds is 3.